The molecule has 1 amide bonds. The van der Waals surface area contributed by atoms with Gasteiger partial charge in [0.05, 0.1) is 4.90 Å². The van der Waals surface area contributed by atoms with Crippen LogP contribution in [0.1, 0.15) is 21.5 Å². The van der Waals surface area contributed by atoms with Gasteiger partial charge in [-0.05, 0) is 24.1 Å². The number of guanidine groups is 1. The van der Waals surface area contributed by atoms with Crippen LogP contribution in [0.15, 0.2) is 22.0 Å². The van der Waals surface area contributed by atoms with Gasteiger partial charge in [0.2, 0.25) is 0 Å². The van der Waals surface area contributed by atoms with Crippen LogP contribution < -0.4 is 11.5 Å². The minimum Gasteiger partial charge on any atom is -0.370 e. The quantitative estimate of drug-likeness (QED) is 0.627. The second-order valence-corrected chi connectivity index (χ2v) is 6.01. The van der Waals surface area contributed by atoms with Crippen molar-refractivity contribution in [2.24, 2.45) is 16.5 Å². The zero-order chi connectivity index (χ0) is 14.8. The number of amides is 1. The van der Waals surface area contributed by atoms with Crippen LogP contribution in [-0.2, 0) is 16.5 Å². The number of benzene rings is 1. The highest BCUT2D eigenvalue weighted by molar-refractivity contribution is 7.90. The number of sulfone groups is 1. The fourth-order valence-electron chi connectivity index (χ4n) is 1.63. The second kappa shape index (κ2) is 6.67. The number of nitrogens with zero attached hydrogens (tertiary/aromatic N) is 1. The standard InChI is InChI=1S/C11H14FN3O3S.ClH/c1-6-3-7(5-12)8(10(16)15-11(13)14)4-9(6)19(2,17)18;/h3-4H,5H2,1-2H3,(H4,13,14,15,16);1H. The lowest BCUT2D eigenvalue weighted by Gasteiger charge is -2.09. The Labute approximate surface area is 122 Å². The zero-order valence-electron chi connectivity index (χ0n) is 10.9. The molecule has 0 aliphatic heterocycles. The van der Waals surface area contributed by atoms with E-state index in [2.05, 4.69) is 4.99 Å². The third-order valence-corrected chi connectivity index (χ3v) is 3.64. The Kier molecular flexibility index (Phi) is 6.11. The fraction of sp³-hybridized carbons (Fsp3) is 0.273. The van der Waals surface area contributed by atoms with Gasteiger partial charge < -0.3 is 11.5 Å². The molecule has 6 nitrogen and oxygen atoms in total. The third-order valence-electron chi connectivity index (χ3n) is 2.41. The molecule has 0 unspecified atom stereocenters. The van der Waals surface area contributed by atoms with Crippen molar-refractivity contribution in [3.63, 3.8) is 0 Å². The molecule has 112 valence electrons. The van der Waals surface area contributed by atoms with Crippen LogP contribution in [-0.4, -0.2) is 26.5 Å². The van der Waals surface area contributed by atoms with Crippen molar-refractivity contribution in [3.8, 4) is 0 Å². The molecule has 4 N–H and O–H groups in total. The molecule has 9 heteroatoms. The van der Waals surface area contributed by atoms with Gasteiger partial charge in [0.15, 0.2) is 15.8 Å². The maximum absolute atomic E-state index is 12.9. The van der Waals surface area contributed by atoms with Crippen LogP contribution in [0.2, 0.25) is 0 Å². The number of rotatable bonds is 3. The first-order chi connectivity index (χ1) is 8.66. The molecule has 1 aromatic rings. The third kappa shape index (κ3) is 4.17. The fourth-order valence-corrected chi connectivity index (χ4v) is 2.61. The SMILES string of the molecule is Cc1cc(CF)c(C(=O)N=C(N)N)cc1S(C)(=O)=O.Cl. The molecule has 0 fully saturated rings. The van der Waals surface area contributed by atoms with E-state index in [-0.39, 0.29) is 28.4 Å². The number of carbonyl (C=O) groups is 1. The molecule has 0 spiro atoms. The highest BCUT2D eigenvalue weighted by Crippen LogP contribution is 2.22. The van der Waals surface area contributed by atoms with Gasteiger partial charge in [-0.25, -0.2) is 12.8 Å². The number of aliphatic imine (C=N–C) groups is 1. The minimum absolute atomic E-state index is 0. The number of aryl methyl sites for hydroxylation is 1. The van der Waals surface area contributed by atoms with E-state index in [1.165, 1.54) is 13.0 Å². The summed E-state index contributed by atoms with van der Waals surface area (Å²) in [5.74, 6) is -1.35. The average molecular weight is 324 g/mol. The van der Waals surface area contributed by atoms with E-state index in [1.54, 1.807) is 0 Å². The molecule has 0 aliphatic rings. The first kappa shape index (κ1) is 18.3. The second-order valence-electron chi connectivity index (χ2n) is 4.02. The summed E-state index contributed by atoms with van der Waals surface area (Å²) in [4.78, 5) is 14.9. The van der Waals surface area contributed by atoms with Crippen LogP contribution in [0.4, 0.5) is 4.39 Å². The van der Waals surface area contributed by atoms with Gasteiger partial charge in [0.25, 0.3) is 5.91 Å². The average Bonchev–Trinajstić information content (AvgIpc) is 2.25. The Balaban J connectivity index is 0.00000361. The Hall–Kier alpha value is -1.67. The first-order valence-electron chi connectivity index (χ1n) is 5.20. The molecule has 0 saturated heterocycles. The van der Waals surface area contributed by atoms with Crippen molar-refractivity contribution in [2.75, 3.05) is 6.26 Å². The van der Waals surface area contributed by atoms with Crippen LogP contribution >= 0.6 is 12.4 Å². The maximum Gasteiger partial charge on any atom is 0.280 e. The molecule has 1 rings (SSSR count). The van der Waals surface area contributed by atoms with Gasteiger partial charge in [0, 0.05) is 11.8 Å². The van der Waals surface area contributed by atoms with E-state index < -0.39 is 28.4 Å². The molecule has 0 aliphatic carbocycles. The number of halogens is 2. The van der Waals surface area contributed by atoms with Gasteiger partial charge in [-0.3, -0.25) is 4.79 Å². The lowest BCUT2D eigenvalue weighted by atomic mass is 10.0. The summed E-state index contributed by atoms with van der Waals surface area (Å²) in [6.45, 7) is 0.594. The van der Waals surface area contributed by atoms with Crippen LogP contribution in [0.25, 0.3) is 0 Å². The van der Waals surface area contributed by atoms with E-state index in [0.717, 1.165) is 12.3 Å². The summed E-state index contributed by atoms with van der Waals surface area (Å²) in [7, 11) is -3.53. The minimum atomic E-state index is -3.53. The molecular weight excluding hydrogens is 309 g/mol. The van der Waals surface area contributed by atoms with E-state index in [0.29, 0.717) is 5.56 Å². The molecule has 1 aromatic carbocycles. The van der Waals surface area contributed by atoms with Gasteiger partial charge in [0.1, 0.15) is 6.67 Å². The Bertz CT molecular complexity index is 655. The number of hydrogen-bond acceptors (Lipinski definition) is 3. The van der Waals surface area contributed by atoms with Crippen molar-refractivity contribution < 1.29 is 17.6 Å². The molecule has 0 atom stereocenters. The topological polar surface area (TPSA) is 116 Å². The number of alkyl halides is 1. The Morgan fingerprint density at radius 3 is 2.30 bits per heavy atom. The van der Waals surface area contributed by atoms with Crippen molar-refractivity contribution in [1.29, 1.82) is 0 Å². The summed E-state index contributed by atoms with van der Waals surface area (Å²) in [5, 5.41) is 0. The molecule has 0 bridgehead atoms. The summed E-state index contributed by atoms with van der Waals surface area (Å²) in [5.41, 5.74) is 10.4. The Morgan fingerprint density at radius 2 is 1.90 bits per heavy atom. The lowest BCUT2D eigenvalue weighted by Crippen LogP contribution is -2.24. The smallest absolute Gasteiger partial charge is 0.280 e. The van der Waals surface area contributed by atoms with Crippen LogP contribution in [0, 0.1) is 6.92 Å². The lowest BCUT2D eigenvalue weighted by molar-refractivity contribution is 0.100. The predicted molar refractivity (Wildman–Crippen MR) is 76.5 cm³/mol. The van der Waals surface area contributed by atoms with Gasteiger partial charge in [-0.2, -0.15) is 4.99 Å². The highest BCUT2D eigenvalue weighted by atomic mass is 35.5. The molecule has 0 aromatic heterocycles. The van der Waals surface area contributed by atoms with E-state index in [1.807, 2.05) is 0 Å². The normalized spacial score (nSPS) is 10.6. The zero-order valence-corrected chi connectivity index (χ0v) is 12.5. The van der Waals surface area contributed by atoms with Gasteiger partial charge >= 0.3 is 0 Å². The number of nitrogens with two attached hydrogens (primary N) is 2. The monoisotopic (exact) mass is 323 g/mol. The molecule has 0 heterocycles. The molecule has 20 heavy (non-hydrogen) atoms. The summed E-state index contributed by atoms with van der Waals surface area (Å²) in [6, 6.07) is 2.39. The van der Waals surface area contributed by atoms with Crippen molar-refractivity contribution in [3.05, 3.63) is 28.8 Å². The van der Waals surface area contributed by atoms with E-state index >= 15 is 0 Å². The molecule has 0 radical (unpaired) electrons. The summed E-state index contributed by atoms with van der Waals surface area (Å²) >= 11 is 0. The van der Waals surface area contributed by atoms with E-state index in [4.69, 9.17) is 11.5 Å². The van der Waals surface area contributed by atoms with Crippen LogP contribution in [0.5, 0.6) is 0 Å². The summed E-state index contributed by atoms with van der Waals surface area (Å²) in [6.07, 6.45) is 0.999. The predicted octanol–water partition coefficient (Wildman–Crippen LogP) is 0.703. The van der Waals surface area contributed by atoms with Crippen molar-refractivity contribution in [1.82, 2.24) is 0 Å². The molecular formula is C11H15ClFN3O3S. The summed E-state index contributed by atoms with van der Waals surface area (Å²) < 4.78 is 36.0. The first-order valence-corrected chi connectivity index (χ1v) is 7.09. The van der Waals surface area contributed by atoms with Crippen molar-refractivity contribution in [2.45, 2.75) is 18.5 Å². The van der Waals surface area contributed by atoms with E-state index in [9.17, 15) is 17.6 Å². The number of carbonyl (C=O) groups excluding carboxylic acids is 1. The van der Waals surface area contributed by atoms with Crippen molar-refractivity contribution >= 4 is 34.1 Å². The maximum atomic E-state index is 12.9. The number of hydrogen-bond donors (Lipinski definition) is 2. The molecule has 0 saturated carbocycles. The Morgan fingerprint density at radius 1 is 1.35 bits per heavy atom. The highest BCUT2D eigenvalue weighted by Gasteiger charge is 2.18. The largest absolute Gasteiger partial charge is 0.370 e. The van der Waals surface area contributed by atoms with Crippen LogP contribution in [0.3, 0.4) is 0 Å². The van der Waals surface area contributed by atoms with Gasteiger partial charge in [-0.15, -0.1) is 12.4 Å². The van der Waals surface area contributed by atoms with Gasteiger partial charge in [-0.1, -0.05) is 6.07 Å².